The lowest BCUT2D eigenvalue weighted by molar-refractivity contribution is -0.122. The fraction of sp³-hybridized carbons (Fsp3) is 0.350. The summed E-state index contributed by atoms with van der Waals surface area (Å²) < 4.78 is 10.7. The maximum Gasteiger partial charge on any atom is 0.234 e. The van der Waals surface area contributed by atoms with Gasteiger partial charge in [-0.3, -0.25) is 9.69 Å². The van der Waals surface area contributed by atoms with Crippen molar-refractivity contribution in [2.45, 2.75) is 6.54 Å². The molecule has 1 N–H and O–H groups in total. The van der Waals surface area contributed by atoms with Gasteiger partial charge in [0.15, 0.2) is 11.5 Å². The molecule has 4 rings (SSSR count). The third-order valence-corrected chi connectivity index (χ3v) is 5.18. The maximum atomic E-state index is 12.3. The number of rotatable bonds is 5. The van der Waals surface area contributed by atoms with Crippen LogP contribution in [0.2, 0.25) is 5.02 Å². The molecule has 0 atom stereocenters. The number of anilines is 1. The number of carbonyl (C=O) groups excluding carboxylic acids is 1. The fourth-order valence-electron chi connectivity index (χ4n) is 3.37. The van der Waals surface area contributed by atoms with E-state index in [2.05, 4.69) is 15.1 Å². The van der Waals surface area contributed by atoms with Crippen molar-refractivity contribution >= 4 is 23.2 Å². The smallest absolute Gasteiger partial charge is 0.234 e. The summed E-state index contributed by atoms with van der Waals surface area (Å²) >= 11 is 6.28. The topological polar surface area (TPSA) is 54.0 Å². The molecule has 2 aliphatic heterocycles. The number of amides is 1. The molecule has 0 spiro atoms. The van der Waals surface area contributed by atoms with E-state index in [0.717, 1.165) is 54.0 Å². The first-order chi connectivity index (χ1) is 13.2. The van der Waals surface area contributed by atoms with E-state index in [9.17, 15) is 4.79 Å². The van der Waals surface area contributed by atoms with Gasteiger partial charge in [-0.1, -0.05) is 29.8 Å². The number of nitrogens with one attached hydrogen (secondary N) is 1. The number of fused-ring (bicyclic) bond motifs is 1. The zero-order chi connectivity index (χ0) is 18.6. The Morgan fingerprint density at radius 3 is 2.63 bits per heavy atom. The predicted molar refractivity (Wildman–Crippen MR) is 105 cm³/mol. The van der Waals surface area contributed by atoms with Gasteiger partial charge in [-0.2, -0.15) is 0 Å². The fourth-order valence-corrected chi connectivity index (χ4v) is 3.62. The molecule has 0 bridgehead atoms. The molecule has 2 heterocycles. The second-order valence-corrected chi connectivity index (χ2v) is 7.09. The molecule has 0 aromatic heterocycles. The standard InChI is InChI=1S/C20H22ClN3O3/c21-16-3-1-2-4-17(16)24-9-7-23(8-10-24)13-20(25)22-12-15-5-6-18-19(11-15)27-14-26-18/h1-6,11H,7-10,12-14H2,(H,22,25). The van der Waals surface area contributed by atoms with E-state index in [-0.39, 0.29) is 12.7 Å². The zero-order valence-electron chi connectivity index (χ0n) is 15.0. The van der Waals surface area contributed by atoms with E-state index >= 15 is 0 Å². The minimum atomic E-state index is 0.0267. The number of hydrogen-bond donors (Lipinski definition) is 1. The van der Waals surface area contributed by atoms with E-state index in [1.165, 1.54) is 0 Å². The largest absolute Gasteiger partial charge is 0.454 e. The van der Waals surface area contributed by atoms with Crippen LogP contribution in [-0.4, -0.2) is 50.3 Å². The summed E-state index contributed by atoms with van der Waals surface area (Å²) in [6.45, 7) is 4.53. The van der Waals surface area contributed by atoms with Gasteiger partial charge in [-0.15, -0.1) is 0 Å². The highest BCUT2D eigenvalue weighted by Crippen LogP contribution is 2.32. The van der Waals surface area contributed by atoms with Crippen molar-refractivity contribution in [2.75, 3.05) is 44.4 Å². The molecule has 142 valence electrons. The molecule has 1 saturated heterocycles. The average molecular weight is 388 g/mol. The molecule has 27 heavy (non-hydrogen) atoms. The molecule has 1 amide bonds. The summed E-state index contributed by atoms with van der Waals surface area (Å²) in [5.41, 5.74) is 2.06. The van der Waals surface area contributed by atoms with Crippen molar-refractivity contribution in [3.63, 3.8) is 0 Å². The van der Waals surface area contributed by atoms with Crippen LogP contribution >= 0.6 is 11.6 Å². The van der Waals surface area contributed by atoms with Gasteiger partial charge < -0.3 is 19.7 Å². The Morgan fingerprint density at radius 1 is 1.04 bits per heavy atom. The molecule has 7 heteroatoms. The molecular weight excluding hydrogens is 366 g/mol. The van der Waals surface area contributed by atoms with Crippen LogP contribution < -0.4 is 19.7 Å². The van der Waals surface area contributed by atoms with Crippen LogP contribution in [0.15, 0.2) is 42.5 Å². The molecule has 2 aromatic carbocycles. The Kier molecular flexibility index (Phi) is 5.36. The monoisotopic (exact) mass is 387 g/mol. The first-order valence-corrected chi connectivity index (χ1v) is 9.44. The van der Waals surface area contributed by atoms with Crippen molar-refractivity contribution in [1.82, 2.24) is 10.2 Å². The Balaban J connectivity index is 1.23. The number of para-hydroxylation sites is 1. The molecule has 1 fully saturated rings. The van der Waals surface area contributed by atoms with Crippen molar-refractivity contribution < 1.29 is 14.3 Å². The summed E-state index contributed by atoms with van der Waals surface area (Å²) in [7, 11) is 0. The Hall–Kier alpha value is -2.44. The Bertz CT molecular complexity index is 822. The minimum absolute atomic E-state index is 0.0267. The summed E-state index contributed by atoms with van der Waals surface area (Å²) in [6.07, 6.45) is 0. The van der Waals surface area contributed by atoms with Gasteiger partial charge in [0.2, 0.25) is 12.7 Å². The van der Waals surface area contributed by atoms with Crippen molar-refractivity contribution in [3.05, 3.63) is 53.1 Å². The normalized spacial score (nSPS) is 16.4. The number of halogens is 1. The van der Waals surface area contributed by atoms with Gasteiger partial charge in [0.25, 0.3) is 0 Å². The first-order valence-electron chi connectivity index (χ1n) is 9.06. The molecular formula is C20H22ClN3O3. The van der Waals surface area contributed by atoms with Gasteiger partial charge in [0.1, 0.15) is 0 Å². The molecule has 6 nitrogen and oxygen atoms in total. The van der Waals surface area contributed by atoms with Crippen molar-refractivity contribution in [2.24, 2.45) is 0 Å². The third-order valence-electron chi connectivity index (χ3n) is 4.86. The first kappa shape index (κ1) is 17.9. The van der Waals surface area contributed by atoms with Crippen LogP contribution in [0.5, 0.6) is 11.5 Å². The number of benzene rings is 2. The predicted octanol–water partition coefficient (Wildman–Crippen LogP) is 2.51. The van der Waals surface area contributed by atoms with Crippen LogP contribution in [-0.2, 0) is 11.3 Å². The number of carbonyl (C=O) groups is 1. The van der Waals surface area contributed by atoms with Crippen LogP contribution in [0.4, 0.5) is 5.69 Å². The molecule has 0 aliphatic carbocycles. The highest BCUT2D eigenvalue weighted by Gasteiger charge is 2.20. The molecule has 0 unspecified atom stereocenters. The summed E-state index contributed by atoms with van der Waals surface area (Å²) in [4.78, 5) is 16.7. The lowest BCUT2D eigenvalue weighted by atomic mass is 10.2. The average Bonchev–Trinajstić information content (AvgIpc) is 3.15. The van der Waals surface area contributed by atoms with Crippen LogP contribution in [0.3, 0.4) is 0 Å². The number of ether oxygens (including phenoxy) is 2. The number of nitrogens with zero attached hydrogens (tertiary/aromatic N) is 2. The van der Waals surface area contributed by atoms with E-state index in [1.54, 1.807) is 0 Å². The third kappa shape index (κ3) is 4.28. The van der Waals surface area contributed by atoms with E-state index in [1.807, 2.05) is 42.5 Å². The number of piperazine rings is 1. The Labute approximate surface area is 163 Å². The molecule has 0 saturated carbocycles. The lowest BCUT2D eigenvalue weighted by Crippen LogP contribution is -2.49. The summed E-state index contributed by atoms with van der Waals surface area (Å²) in [5.74, 6) is 1.51. The highest BCUT2D eigenvalue weighted by molar-refractivity contribution is 6.33. The summed E-state index contributed by atoms with van der Waals surface area (Å²) in [6, 6.07) is 13.6. The van der Waals surface area contributed by atoms with E-state index in [0.29, 0.717) is 13.1 Å². The Morgan fingerprint density at radius 2 is 1.81 bits per heavy atom. The van der Waals surface area contributed by atoms with Crippen molar-refractivity contribution in [3.8, 4) is 11.5 Å². The van der Waals surface area contributed by atoms with Gasteiger partial charge >= 0.3 is 0 Å². The summed E-state index contributed by atoms with van der Waals surface area (Å²) in [5, 5.41) is 3.75. The zero-order valence-corrected chi connectivity index (χ0v) is 15.7. The van der Waals surface area contributed by atoms with Gasteiger partial charge in [0.05, 0.1) is 17.3 Å². The highest BCUT2D eigenvalue weighted by atomic mass is 35.5. The SMILES string of the molecule is O=C(CN1CCN(c2ccccc2Cl)CC1)NCc1ccc2c(c1)OCO2. The second-order valence-electron chi connectivity index (χ2n) is 6.68. The quantitative estimate of drug-likeness (QED) is 0.854. The van der Waals surface area contributed by atoms with Crippen LogP contribution in [0, 0.1) is 0 Å². The van der Waals surface area contributed by atoms with Gasteiger partial charge in [0, 0.05) is 32.7 Å². The maximum absolute atomic E-state index is 12.3. The van der Waals surface area contributed by atoms with E-state index in [4.69, 9.17) is 21.1 Å². The molecule has 2 aliphatic rings. The van der Waals surface area contributed by atoms with Gasteiger partial charge in [-0.05, 0) is 29.8 Å². The molecule has 2 aromatic rings. The minimum Gasteiger partial charge on any atom is -0.454 e. The lowest BCUT2D eigenvalue weighted by Gasteiger charge is -2.36. The van der Waals surface area contributed by atoms with Gasteiger partial charge in [-0.25, -0.2) is 0 Å². The van der Waals surface area contributed by atoms with Crippen LogP contribution in [0.1, 0.15) is 5.56 Å². The van der Waals surface area contributed by atoms with Crippen LogP contribution in [0.25, 0.3) is 0 Å². The number of hydrogen-bond acceptors (Lipinski definition) is 5. The second kappa shape index (κ2) is 8.06. The van der Waals surface area contributed by atoms with Crippen molar-refractivity contribution in [1.29, 1.82) is 0 Å². The van der Waals surface area contributed by atoms with E-state index < -0.39 is 0 Å². The molecule has 0 radical (unpaired) electrons.